The van der Waals surface area contributed by atoms with Gasteiger partial charge in [0, 0.05) is 0 Å². The van der Waals surface area contributed by atoms with Gasteiger partial charge in [-0.15, -0.1) is 0 Å². The lowest BCUT2D eigenvalue weighted by molar-refractivity contribution is -0.157. The third-order valence-electron chi connectivity index (χ3n) is 3.61. The van der Waals surface area contributed by atoms with Gasteiger partial charge in [-0.1, -0.05) is 39.8 Å². The Morgan fingerprint density at radius 2 is 1.45 bits per heavy atom. The van der Waals surface area contributed by atoms with Crippen molar-refractivity contribution in [3.8, 4) is 0 Å². The molecule has 0 aliphatic heterocycles. The molecule has 0 aromatic heterocycles. The van der Waals surface area contributed by atoms with Crippen molar-refractivity contribution >= 4 is 0 Å². The minimum absolute atomic E-state index is 0.298. The lowest BCUT2D eigenvalue weighted by Crippen LogP contribution is -2.35. The first-order chi connectivity index (χ1) is 9.38. The second-order valence-electron chi connectivity index (χ2n) is 4.92. The summed E-state index contributed by atoms with van der Waals surface area (Å²) in [6.45, 7) is 7.86. The average Bonchev–Trinajstić information content (AvgIpc) is 2.42. The molecule has 0 bridgehead atoms. The molecular formula is C16H24F3N. The fourth-order valence-corrected chi connectivity index (χ4v) is 2.60. The summed E-state index contributed by atoms with van der Waals surface area (Å²) in [5.74, 6) is 0. The number of rotatable bonds is 6. The number of alkyl halides is 3. The zero-order valence-corrected chi connectivity index (χ0v) is 12.7. The van der Waals surface area contributed by atoms with E-state index in [0.29, 0.717) is 24.9 Å². The monoisotopic (exact) mass is 287 g/mol. The Kier molecular flexibility index (Phi) is 6.06. The third kappa shape index (κ3) is 3.75. The summed E-state index contributed by atoms with van der Waals surface area (Å²) in [7, 11) is 0. The smallest absolute Gasteiger partial charge is 0.303 e. The summed E-state index contributed by atoms with van der Waals surface area (Å²) in [4.78, 5) is 0. The molecule has 0 spiro atoms. The normalized spacial score (nSPS) is 13.6. The second-order valence-corrected chi connectivity index (χ2v) is 4.92. The highest BCUT2D eigenvalue weighted by molar-refractivity contribution is 5.42. The van der Waals surface area contributed by atoms with Crippen LogP contribution in [0.2, 0.25) is 0 Å². The minimum Gasteiger partial charge on any atom is -0.303 e. The van der Waals surface area contributed by atoms with Gasteiger partial charge in [0.15, 0.2) is 0 Å². The van der Waals surface area contributed by atoms with Crippen molar-refractivity contribution < 1.29 is 13.2 Å². The molecule has 1 unspecified atom stereocenters. The van der Waals surface area contributed by atoms with Gasteiger partial charge in [-0.05, 0) is 48.1 Å². The Labute approximate surface area is 119 Å². The van der Waals surface area contributed by atoms with E-state index in [4.69, 9.17) is 0 Å². The maximum Gasteiger partial charge on any atom is 0.407 e. The molecule has 0 radical (unpaired) electrons. The van der Waals surface area contributed by atoms with Crippen molar-refractivity contribution in [3.05, 3.63) is 34.4 Å². The summed E-state index contributed by atoms with van der Waals surface area (Å²) >= 11 is 0. The van der Waals surface area contributed by atoms with E-state index in [1.807, 2.05) is 32.9 Å². The van der Waals surface area contributed by atoms with E-state index >= 15 is 0 Å². The zero-order chi connectivity index (χ0) is 15.3. The number of halogens is 3. The van der Waals surface area contributed by atoms with Gasteiger partial charge in [-0.3, -0.25) is 0 Å². The predicted molar refractivity (Wildman–Crippen MR) is 77.0 cm³/mol. The van der Waals surface area contributed by atoms with Crippen molar-refractivity contribution in [2.75, 3.05) is 6.54 Å². The molecule has 4 heteroatoms. The lowest BCUT2D eigenvalue weighted by Gasteiger charge is -2.27. The maximum atomic E-state index is 13.3. The van der Waals surface area contributed by atoms with E-state index < -0.39 is 12.2 Å². The molecule has 0 fully saturated rings. The van der Waals surface area contributed by atoms with E-state index in [1.54, 1.807) is 6.92 Å². The lowest BCUT2D eigenvalue weighted by atomic mass is 9.89. The molecule has 1 atom stereocenters. The third-order valence-corrected chi connectivity index (χ3v) is 3.61. The van der Waals surface area contributed by atoms with Crippen LogP contribution in [0.5, 0.6) is 0 Å². The first kappa shape index (κ1) is 17.0. The summed E-state index contributed by atoms with van der Waals surface area (Å²) in [5, 5.41) is 2.60. The van der Waals surface area contributed by atoms with E-state index in [1.165, 1.54) is 0 Å². The Morgan fingerprint density at radius 3 is 1.75 bits per heavy atom. The van der Waals surface area contributed by atoms with Gasteiger partial charge in [-0.2, -0.15) is 13.2 Å². The zero-order valence-electron chi connectivity index (χ0n) is 12.7. The van der Waals surface area contributed by atoms with Crippen LogP contribution < -0.4 is 5.32 Å². The molecule has 1 N–H and O–H groups in total. The first-order valence-electron chi connectivity index (χ1n) is 7.33. The quantitative estimate of drug-likeness (QED) is 0.807. The highest BCUT2D eigenvalue weighted by Gasteiger charge is 2.42. The molecule has 1 nitrogen and oxygen atoms in total. The van der Waals surface area contributed by atoms with Crippen molar-refractivity contribution in [2.45, 2.75) is 59.2 Å². The van der Waals surface area contributed by atoms with Gasteiger partial charge in [0.1, 0.15) is 6.04 Å². The van der Waals surface area contributed by atoms with Crippen LogP contribution in [0.25, 0.3) is 0 Å². The molecule has 114 valence electrons. The molecule has 1 aromatic rings. The summed E-state index contributed by atoms with van der Waals surface area (Å²) in [5.41, 5.74) is 3.16. The number of hydrogen-bond donors (Lipinski definition) is 1. The van der Waals surface area contributed by atoms with E-state index in [0.717, 1.165) is 23.1 Å². The number of nitrogens with one attached hydrogen (secondary N) is 1. The molecule has 1 rings (SSSR count). The Morgan fingerprint density at radius 1 is 0.950 bits per heavy atom. The van der Waals surface area contributed by atoms with Crippen LogP contribution in [-0.4, -0.2) is 12.7 Å². The van der Waals surface area contributed by atoms with Gasteiger partial charge >= 0.3 is 6.18 Å². The fourth-order valence-electron chi connectivity index (χ4n) is 2.60. The van der Waals surface area contributed by atoms with Crippen LogP contribution in [0.15, 0.2) is 12.1 Å². The fraction of sp³-hybridized carbons (Fsp3) is 0.625. The van der Waals surface area contributed by atoms with Crippen LogP contribution in [0.1, 0.15) is 56.0 Å². The van der Waals surface area contributed by atoms with Crippen molar-refractivity contribution in [3.63, 3.8) is 0 Å². The summed E-state index contributed by atoms with van der Waals surface area (Å²) in [6.07, 6.45) is -2.18. The molecule has 0 aliphatic rings. The summed E-state index contributed by atoms with van der Waals surface area (Å²) < 4.78 is 40.0. The molecule has 0 saturated carbocycles. The van der Waals surface area contributed by atoms with Gasteiger partial charge in [0.2, 0.25) is 0 Å². The molecule has 1 aromatic carbocycles. The first-order valence-corrected chi connectivity index (χ1v) is 7.33. The Hall–Kier alpha value is -1.03. The summed E-state index contributed by atoms with van der Waals surface area (Å²) in [6, 6.07) is 2.28. The highest BCUT2D eigenvalue weighted by Crippen LogP contribution is 2.37. The number of aryl methyl sites for hydroxylation is 3. The Bertz CT molecular complexity index is 413. The number of hydrogen-bond acceptors (Lipinski definition) is 1. The van der Waals surface area contributed by atoms with E-state index in [-0.39, 0.29) is 0 Å². The minimum atomic E-state index is -4.27. The van der Waals surface area contributed by atoms with Gasteiger partial charge in [0.05, 0.1) is 0 Å². The molecule has 0 heterocycles. The van der Waals surface area contributed by atoms with Crippen LogP contribution >= 0.6 is 0 Å². The predicted octanol–water partition coefficient (Wildman–Crippen LogP) is 4.59. The molecule has 0 saturated heterocycles. The van der Waals surface area contributed by atoms with E-state index in [2.05, 4.69) is 5.32 Å². The standard InChI is InChI=1S/C16H24F3N/c1-5-11-9-12(6-2)14(13(7-3)10-11)15(20-8-4)16(17,18)19/h9-10,15,20H,5-8H2,1-4H3. The second kappa shape index (κ2) is 7.11. The average molecular weight is 287 g/mol. The van der Waals surface area contributed by atoms with Crippen LogP contribution in [0.3, 0.4) is 0 Å². The van der Waals surface area contributed by atoms with E-state index in [9.17, 15) is 13.2 Å². The van der Waals surface area contributed by atoms with Gasteiger partial charge in [0.25, 0.3) is 0 Å². The van der Waals surface area contributed by atoms with Crippen molar-refractivity contribution in [1.29, 1.82) is 0 Å². The molecule has 0 amide bonds. The largest absolute Gasteiger partial charge is 0.407 e. The Balaban J connectivity index is 3.45. The maximum absolute atomic E-state index is 13.3. The van der Waals surface area contributed by atoms with Crippen LogP contribution in [0, 0.1) is 0 Å². The SMILES string of the molecule is CCNC(c1c(CC)cc(CC)cc1CC)C(F)(F)F. The molecular weight excluding hydrogens is 263 g/mol. The molecule has 20 heavy (non-hydrogen) atoms. The van der Waals surface area contributed by atoms with Crippen LogP contribution in [0.4, 0.5) is 13.2 Å². The highest BCUT2D eigenvalue weighted by atomic mass is 19.4. The number of benzene rings is 1. The van der Waals surface area contributed by atoms with Crippen molar-refractivity contribution in [2.24, 2.45) is 0 Å². The van der Waals surface area contributed by atoms with Gasteiger partial charge < -0.3 is 5.32 Å². The van der Waals surface area contributed by atoms with Gasteiger partial charge in [-0.25, -0.2) is 0 Å². The molecule has 0 aliphatic carbocycles. The van der Waals surface area contributed by atoms with Crippen LogP contribution in [-0.2, 0) is 19.3 Å². The van der Waals surface area contributed by atoms with Crippen molar-refractivity contribution in [1.82, 2.24) is 5.32 Å². The topological polar surface area (TPSA) is 12.0 Å².